The van der Waals surface area contributed by atoms with E-state index in [0.717, 1.165) is 10.6 Å². The van der Waals surface area contributed by atoms with Crippen LogP contribution in [0, 0.1) is 11.7 Å². The number of rotatable bonds is 9. The zero-order chi connectivity index (χ0) is 24.0. The number of piperazine rings is 1. The topological polar surface area (TPSA) is 68.3 Å². The summed E-state index contributed by atoms with van der Waals surface area (Å²) in [6.07, 6.45) is 2.16. The molecule has 176 valence electrons. The minimum absolute atomic E-state index is 0.182. The van der Waals surface area contributed by atoms with Crippen molar-refractivity contribution in [3.63, 3.8) is 0 Å². The van der Waals surface area contributed by atoms with Crippen molar-refractivity contribution in [3.8, 4) is 5.75 Å². The minimum Gasteiger partial charge on any atom is -0.497 e. The summed E-state index contributed by atoms with van der Waals surface area (Å²) in [7, 11) is 3.00. The lowest BCUT2D eigenvalue weighted by molar-refractivity contribution is -0.226. The molecule has 7 nitrogen and oxygen atoms in total. The fourth-order valence-electron chi connectivity index (χ4n) is 3.65. The molecule has 0 N–H and O–H groups in total. The van der Waals surface area contributed by atoms with Gasteiger partial charge in [0.1, 0.15) is 23.3 Å². The highest BCUT2D eigenvalue weighted by Crippen LogP contribution is 2.30. The average molecular weight is 457 g/mol. The summed E-state index contributed by atoms with van der Waals surface area (Å²) in [5, 5.41) is 0.774. The predicted octanol–water partition coefficient (Wildman–Crippen LogP) is 4.00. The monoisotopic (exact) mass is 456 g/mol. The first-order valence-electron chi connectivity index (χ1n) is 10.7. The first-order chi connectivity index (χ1) is 15.8. The van der Waals surface area contributed by atoms with Gasteiger partial charge in [-0.25, -0.2) is 9.23 Å². The maximum atomic E-state index is 13.4. The number of hydroxylamine groups is 2. The van der Waals surface area contributed by atoms with Gasteiger partial charge in [-0.2, -0.15) is 0 Å². The van der Waals surface area contributed by atoms with Crippen LogP contribution in [0.25, 0.3) is 6.08 Å². The van der Waals surface area contributed by atoms with Crippen LogP contribution in [-0.4, -0.2) is 48.8 Å². The van der Waals surface area contributed by atoms with E-state index in [1.807, 2.05) is 38.1 Å². The highest BCUT2D eigenvalue weighted by Gasteiger charge is 2.44. The molecule has 0 unspecified atom stereocenters. The van der Waals surface area contributed by atoms with Crippen molar-refractivity contribution < 1.29 is 28.3 Å². The molecule has 0 bridgehead atoms. The van der Waals surface area contributed by atoms with Gasteiger partial charge in [0.05, 0.1) is 7.11 Å². The Hall–Kier alpha value is -3.23. The molecule has 0 saturated carbocycles. The van der Waals surface area contributed by atoms with Gasteiger partial charge in [0.25, 0.3) is 5.91 Å². The first-order valence-corrected chi connectivity index (χ1v) is 10.7. The summed E-state index contributed by atoms with van der Waals surface area (Å²) in [5.41, 5.74) is 1.81. The van der Waals surface area contributed by atoms with Gasteiger partial charge in [0.15, 0.2) is 6.79 Å². The third-order valence-corrected chi connectivity index (χ3v) is 5.25. The normalized spacial score (nSPS) is 17.9. The molecule has 3 rings (SSSR count). The van der Waals surface area contributed by atoms with Crippen LogP contribution in [0.2, 0.25) is 0 Å². The number of hydrogen-bond acceptors (Lipinski definition) is 6. The fourth-order valence-corrected chi connectivity index (χ4v) is 3.65. The Morgan fingerprint density at radius 1 is 1.03 bits per heavy atom. The van der Waals surface area contributed by atoms with Gasteiger partial charge in [-0.05, 0) is 53.8 Å². The quantitative estimate of drug-likeness (QED) is 0.323. The standard InChI is InChI=1S/C25H29FN2O5/c1-17(2)13-22-24(29)28(33-16-31-3)25(30)23(14-18-5-9-20(26)10-6-18)27(22)15-19-7-11-21(32-4)12-8-19/h5-12,14,17,22H,13,15-16H2,1-4H3/b23-14-/t22-/m0/s1. The zero-order valence-corrected chi connectivity index (χ0v) is 19.3. The first kappa shape index (κ1) is 24.4. The SMILES string of the molecule is COCON1C(=O)/C(=C/c2ccc(F)cc2)N(Cc2ccc(OC)cc2)[C@@H](CC(C)C)C1=O. The number of amides is 2. The van der Waals surface area contributed by atoms with Crippen molar-refractivity contribution in [3.05, 3.63) is 71.2 Å². The van der Waals surface area contributed by atoms with E-state index >= 15 is 0 Å². The number of benzene rings is 2. The molecule has 33 heavy (non-hydrogen) atoms. The molecule has 1 atom stereocenters. The molecule has 2 amide bonds. The van der Waals surface area contributed by atoms with E-state index in [1.54, 1.807) is 30.2 Å². The largest absolute Gasteiger partial charge is 0.497 e. The van der Waals surface area contributed by atoms with Crippen LogP contribution in [0.1, 0.15) is 31.4 Å². The lowest BCUT2D eigenvalue weighted by Crippen LogP contribution is -2.58. The van der Waals surface area contributed by atoms with Gasteiger partial charge in [0.2, 0.25) is 0 Å². The highest BCUT2D eigenvalue weighted by atomic mass is 19.1. The van der Waals surface area contributed by atoms with E-state index in [9.17, 15) is 14.0 Å². The molecule has 1 saturated heterocycles. The molecule has 0 aromatic heterocycles. The second kappa shape index (κ2) is 11.1. The molecule has 1 aliphatic heterocycles. The molecular weight excluding hydrogens is 427 g/mol. The Morgan fingerprint density at radius 3 is 2.27 bits per heavy atom. The zero-order valence-electron chi connectivity index (χ0n) is 19.3. The minimum atomic E-state index is -0.631. The third-order valence-electron chi connectivity index (χ3n) is 5.25. The van der Waals surface area contributed by atoms with E-state index in [2.05, 4.69) is 0 Å². The number of carbonyl (C=O) groups is 2. The number of methoxy groups -OCH3 is 2. The number of ether oxygens (including phenoxy) is 2. The number of carbonyl (C=O) groups excluding carboxylic acids is 2. The molecule has 2 aromatic rings. The summed E-state index contributed by atoms with van der Waals surface area (Å²) in [6, 6.07) is 12.6. The van der Waals surface area contributed by atoms with Crippen LogP contribution in [0.15, 0.2) is 54.2 Å². The van der Waals surface area contributed by atoms with Crippen LogP contribution in [0.3, 0.4) is 0 Å². The predicted molar refractivity (Wildman–Crippen MR) is 121 cm³/mol. The molecule has 0 spiro atoms. The van der Waals surface area contributed by atoms with Crippen molar-refractivity contribution in [2.45, 2.75) is 32.9 Å². The molecule has 1 heterocycles. The van der Waals surface area contributed by atoms with Crippen LogP contribution in [-0.2, 0) is 25.7 Å². The lowest BCUT2D eigenvalue weighted by atomic mass is 9.97. The summed E-state index contributed by atoms with van der Waals surface area (Å²) in [5.74, 6) is -0.531. The maximum absolute atomic E-state index is 13.4. The van der Waals surface area contributed by atoms with Crippen molar-refractivity contribution in [2.75, 3.05) is 21.0 Å². The second-order valence-corrected chi connectivity index (χ2v) is 8.18. The Balaban J connectivity index is 2.06. The van der Waals surface area contributed by atoms with E-state index in [-0.39, 0.29) is 24.2 Å². The Bertz CT molecular complexity index is 989. The third kappa shape index (κ3) is 5.97. The number of nitrogens with zero attached hydrogens (tertiary/aromatic N) is 2. The molecule has 0 aliphatic carbocycles. The Labute approximate surface area is 193 Å². The van der Waals surface area contributed by atoms with Crippen LogP contribution < -0.4 is 4.74 Å². The van der Waals surface area contributed by atoms with Crippen LogP contribution in [0.5, 0.6) is 5.75 Å². The van der Waals surface area contributed by atoms with E-state index in [1.165, 1.54) is 19.2 Å². The maximum Gasteiger partial charge on any atom is 0.301 e. The summed E-state index contributed by atoms with van der Waals surface area (Å²) < 4.78 is 23.6. The Morgan fingerprint density at radius 2 is 1.70 bits per heavy atom. The molecular formula is C25H29FN2O5. The number of halogens is 1. The molecule has 8 heteroatoms. The van der Waals surface area contributed by atoms with Crippen LogP contribution >= 0.6 is 0 Å². The van der Waals surface area contributed by atoms with Crippen molar-refractivity contribution in [2.24, 2.45) is 5.92 Å². The smallest absolute Gasteiger partial charge is 0.301 e. The van der Waals surface area contributed by atoms with E-state index in [4.69, 9.17) is 14.3 Å². The van der Waals surface area contributed by atoms with E-state index in [0.29, 0.717) is 24.3 Å². The molecule has 2 aromatic carbocycles. The average Bonchev–Trinajstić information content (AvgIpc) is 2.80. The van der Waals surface area contributed by atoms with Crippen molar-refractivity contribution >= 4 is 17.9 Å². The molecule has 1 aliphatic rings. The van der Waals surface area contributed by atoms with Gasteiger partial charge in [-0.1, -0.05) is 38.1 Å². The number of imide groups is 1. The molecule has 0 radical (unpaired) electrons. The number of hydrogen-bond donors (Lipinski definition) is 0. The Kier molecular flexibility index (Phi) is 8.19. The summed E-state index contributed by atoms with van der Waals surface area (Å²) in [4.78, 5) is 33.8. The summed E-state index contributed by atoms with van der Waals surface area (Å²) in [6.45, 7) is 4.11. The second-order valence-electron chi connectivity index (χ2n) is 8.18. The van der Waals surface area contributed by atoms with E-state index < -0.39 is 17.9 Å². The van der Waals surface area contributed by atoms with Gasteiger partial charge < -0.3 is 14.4 Å². The van der Waals surface area contributed by atoms with Gasteiger partial charge in [-0.3, -0.25) is 9.59 Å². The van der Waals surface area contributed by atoms with Gasteiger partial charge >= 0.3 is 5.91 Å². The highest BCUT2D eigenvalue weighted by molar-refractivity contribution is 6.09. The van der Waals surface area contributed by atoms with Gasteiger partial charge in [0, 0.05) is 13.7 Å². The molecule has 1 fully saturated rings. The summed E-state index contributed by atoms with van der Waals surface area (Å²) >= 11 is 0. The van der Waals surface area contributed by atoms with Crippen molar-refractivity contribution in [1.82, 2.24) is 9.96 Å². The van der Waals surface area contributed by atoms with Gasteiger partial charge in [-0.15, -0.1) is 5.06 Å². The van der Waals surface area contributed by atoms with Crippen LogP contribution in [0.4, 0.5) is 4.39 Å². The fraction of sp³-hybridized carbons (Fsp3) is 0.360. The van der Waals surface area contributed by atoms with Crippen molar-refractivity contribution in [1.29, 1.82) is 0 Å². The lowest BCUT2D eigenvalue weighted by Gasteiger charge is -2.41.